The first-order valence-corrected chi connectivity index (χ1v) is 5.80. The zero-order chi connectivity index (χ0) is 13.2. The van der Waals surface area contributed by atoms with Crippen LogP contribution >= 0.6 is 0 Å². The molecule has 1 N–H and O–H groups in total. The Kier molecular flexibility index (Phi) is 2.75. The third kappa shape index (κ3) is 2.20. The summed E-state index contributed by atoms with van der Waals surface area (Å²) < 4.78 is 6.39. The lowest BCUT2D eigenvalue weighted by atomic mass is 10.2. The molecule has 0 aliphatic heterocycles. The molecule has 0 aliphatic rings. The molecule has 0 saturated carbocycles. The van der Waals surface area contributed by atoms with E-state index < -0.39 is 0 Å². The van der Waals surface area contributed by atoms with Crippen LogP contribution in [-0.4, -0.2) is 32.7 Å². The highest BCUT2D eigenvalue weighted by atomic mass is 16.5. The van der Waals surface area contributed by atoms with Crippen molar-refractivity contribution in [1.29, 1.82) is 0 Å². The van der Waals surface area contributed by atoms with E-state index in [2.05, 4.69) is 19.8 Å². The van der Waals surface area contributed by atoms with Crippen molar-refractivity contribution in [2.24, 2.45) is 0 Å². The Labute approximate surface area is 109 Å². The van der Waals surface area contributed by atoms with Gasteiger partial charge in [0.2, 0.25) is 0 Å². The van der Waals surface area contributed by atoms with Crippen molar-refractivity contribution in [2.75, 3.05) is 7.11 Å². The second-order valence-electron chi connectivity index (χ2n) is 4.12. The number of hydrogen-bond acceptors (Lipinski definition) is 4. The molecule has 6 heteroatoms. The fourth-order valence-corrected chi connectivity index (χ4v) is 1.90. The van der Waals surface area contributed by atoms with Gasteiger partial charge < -0.3 is 4.74 Å². The van der Waals surface area contributed by atoms with Crippen molar-refractivity contribution in [3.8, 4) is 11.3 Å². The molecule has 0 aromatic carbocycles. The van der Waals surface area contributed by atoms with E-state index >= 15 is 0 Å². The Morgan fingerprint density at radius 1 is 1.53 bits per heavy atom. The Hall–Kier alpha value is -2.63. The van der Waals surface area contributed by atoms with E-state index in [4.69, 9.17) is 0 Å². The van der Waals surface area contributed by atoms with Gasteiger partial charge in [0.1, 0.15) is 0 Å². The van der Waals surface area contributed by atoms with Gasteiger partial charge in [0.15, 0.2) is 5.65 Å². The van der Waals surface area contributed by atoms with Crippen molar-refractivity contribution in [2.45, 2.75) is 6.42 Å². The molecule has 3 heterocycles. The van der Waals surface area contributed by atoms with Crippen LogP contribution in [0.3, 0.4) is 0 Å². The molecule has 3 aromatic rings. The van der Waals surface area contributed by atoms with Gasteiger partial charge in [-0.05, 0) is 12.1 Å². The fourth-order valence-electron chi connectivity index (χ4n) is 1.90. The van der Waals surface area contributed by atoms with Gasteiger partial charge in [0.25, 0.3) is 0 Å². The average Bonchev–Trinajstić information content (AvgIpc) is 2.97. The van der Waals surface area contributed by atoms with Crippen LogP contribution in [-0.2, 0) is 16.0 Å². The van der Waals surface area contributed by atoms with Gasteiger partial charge in [-0.1, -0.05) is 0 Å². The monoisotopic (exact) mass is 256 g/mol. The Morgan fingerprint density at radius 3 is 3.11 bits per heavy atom. The quantitative estimate of drug-likeness (QED) is 0.720. The summed E-state index contributed by atoms with van der Waals surface area (Å²) in [6.07, 6.45) is 5.47. The number of fused-ring (bicyclic) bond motifs is 1. The molecule has 0 bridgehead atoms. The summed E-state index contributed by atoms with van der Waals surface area (Å²) in [6, 6.07) is 5.76. The molecule has 0 amide bonds. The number of nitrogens with zero attached hydrogens (tertiary/aromatic N) is 3. The summed E-state index contributed by atoms with van der Waals surface area (Å²) in [4.78, 5) is 19.6. The minimum atomic E-state index is -0.298. The molecular formula is C13H12N4O2. The van der Waals surface area contributed by atoms with Crippen LogP contribution in [0.15, 0.2) is 36.8 Å². The highest BCUT2D eigenvalue weighted by molar-refractivity contribution is 5.72. The van der Waals surface area contributed by atoms with Crippen LogP contribution in [0.2, 0.25) is 0 Å². The number of rotatable bonds is 3. The number of carbonyl (C=O) groups excluding carboxylic acids is 1. The number of H-pyrrole nitrogens is 1. The van der Waals surface area contributed by atoms with Crippen molar-refractivity contribution in [1.82, 2.24) is 19.6 Å². The van der Waals surface area contributed by atoms with E-state index in [1.807, 2.05) is 18.2 Å². The first kappa shape index (κ1) is 11.5. The zero-order valence-corrected chi connectivity index (χ0v) is 10.3. The second-order valence-corrected chi connectivity index (χ2v) is 4.12. The lowest BCUT2D eigenvalue weighted by molar-refractivity contribution is -0.139. The SMILES string of the molecule is COC(=O)Cc1cn2[nH]c(-c3cccnc3)cc2n1. The zero-order valence-electron chi connectivity index (χ0n) is 10.3. The van der Waals surface area contributed by atoms with Gasteiger partial charge in [0.05, 0.1) is 31.1 Å². The number of carbonyl (C=O) groups is 1. The smallest absolute Gasteiger partial charge is 0.311 e. The lowest BCUT2D eigenvalue weighted by Crippen LogP contribution is -2.04. The number of hydrogen-bond donors (Lipinski definition) is 1. The standard InChI is InChI=1S/C13H12N4O2/c1-19-13(18)5-10-8-17-12(15-10)6-11(16-17)9-3-2-4-14-7-9/h2-4,6-8,16H,5H2,1H3. The highest BCUT2D eigenvalue weighted by Gasteiger charge is 2.10. The number of pyridine rings is 1. The van der Waals surface area contributed by atoms with Crippen LogP contribution in [0.5, 0.6) is 0 Å². The van der Waals surface area contributed by atoms with Gasteiger partial charge in [-0.15, -0.1) is 0 Å². The maximum Gasteiger partial charge on any atom is 0.311 e. The number of ether oxygens (including phenoxy) is 1. The van der Waals surface area contributed by atoms with Crippen LogP contribution < -0.4 is 0 Å². The summed E-state index contributed by atoms with van der Waals surface area (Å²) in [7, 11) is 1.37. The lowest BCUT2D eigenvalue weighted by Gasteiger charge is -1.95. The molecule has 0 radical (unpaired) electrons. The molecule has 0 unspecified atom stereocenters. The van der Waals surface area contributed by atoms with Crippen LogP contribution in [0.4, 0.5) is 0 Å². The first-order valence-electron chi connectivity index (χ1n) is 5.80. The van der Waals surface area contributed by atoms with Gasteiger partial charge >= 0.3 is 5.97 Å². The predicted octanol–water partition coefficient (Wildman–Crippen LogP) is 1.44. The first-order chi connectivity index (χ1) is 9.26. The number of methoxy groups -OCH3 is 1. The molecule has 0 spiro atoms. The molecule has 3 rings (SSSR count). The molecule has 0 aliphatic carbocycles. The maximum atomic E-state index is 11.2. The summed E-state index contributed by atoms with van der Waals surface area (Å²) >= 11 is 0. The average molecular weight is 256 g/mol. The van der Waals surface area contributed by atoms with Crippen LogP contribution in [0, 0.1) is 0 Å². The highest BCUT2D eigenvalue weighted by Crippen LogP contribution is 2.18. The van der Waals surface area contributed by atoms with E-state index in [1.165, 1.54) is 7.11 Å². The fraction of sp³-hybridized carbons (Fsp3) is 0.154. The third-order valence-corrected chi connectivity index (χ3v) is 2.82. The van der Waals surface area contributed by atoms with Crippen molar-refractivity contribution < 1.29 is 9.53 Å². The molecular weight excluding hydrogens is 244 g/mol. The summed E-state index contributed by atoms with van der Waals surface area (Å²) in [5.41, 5.74) is 3.36. The minimum absolute atomic E-state index is 0.175. The molecule has 0 saturated heterocycles. The Morgan fingerprint density at radius 2 is 2.42 bits per heavy atom. The number of aromatic nitrogens is 4. The Balaban J connectivity index is 1.92. The normalized spacial score (nSPS) is 10.8. The van der Waals surface area contributed by atoms with Gasteiger partial charge in [-0.3, -0.25) is 14.9 Å². The summed E-state index contributed by atoms with van der Waals surface area (Å²) in [6.45, 7) is 0. The van der Waals surface area contributed by atoms with E-state index in [9.17, 15) is 4.79 Å². The largest absolute Gasteiger partial charge is 0.469 e. The van der Waals surface area contributed by atoms with Crippen LogP contribution in [0.25, 0.3) is 16.9 Å². The number of imidazole rings is 1. The molecule has 19 heavy (non-hydrogen) atoms. The van der Waals surface area contributed by atoms with E-state index in [-0.39, 0.29) is 12.4 Å². The van der Waals surface area contributed by atoms with Crippen molar-refractivity contribution in [3.63, 3.8) is 0 Å². The van der Waals surface area contributed by atoms with E-state index in [0.29, 0.717) is 5.69 Å². The van der Waals surface area contributed by atoms with E-state index in [0.717, 1.165) is 16.9 Å². The minimum Gasteiger partial charge on any atom is -0.469 e. The summed E-state index contributed by atoms with van der Waals surface area (Å²) in [5.74, 6) is -0.298. The molecule has 96 valence electrons. The molecule has 0 fully saturated rings. The maximum absolute atomic E-state index is 11.2. The molecule has 3 aromatic heterocycles. The van der Waals surface area contributed by atoms with Crippen LogP contribution in [0.1, 0.15) is 5.69 Å². The molecule has 6 nitrogen and oxygen atoms in total. The third-order valence-electron chi connectivity index (χ3n) is 2.82. The number of aromatic amines is 1. The topological polar surface area (TPSA) is 72.3 Å². The molecule has 0 atom stereocenters. The van der Waals surface area contributed by atoms with Crippen molar-refractivity contribution >= 4 is 11.6 Å². The van der Waals surface area contributed by atoms with Gasteiger partial charge in [0, 0.05) is 24.0 Å². The Bertz CT molecular complexity index is 683. The summed E-state index contributed by atoms with van der Waals surface area (Å²) in [5, 5.41) is 3.19. The number of esters is 1. The number of nitrogens with one attached hydrogen (secondary N) is 1. The van der Waals surface area contributed by atoms with Crippen molar-refractivity contribution in [3.05, 3.63) is 42.5 Å². The van der Waals surface area contributed by atoms with E-state index in [1.54, 1.807) is 23.1 Å². The van der Waals surface area contributed by atoms with Gasteiger partial charge in [-0.25, -0.2) is 9.50 Å². The second kappa shape index (κ2) is 4.56. The van der Waals surface area contributed by atoms with Gasteiger partial charge in [-0.2, -0.15) is 0 Å². The predicted molar refractivity (Wildman–Crippen MR) is 68.5 cm³/mol.